The summed E-state index contributed by atoms with van der Waals surface area (Å²) in [5.41, 5.74) is -1.87. The van der Waals surface area contributed by atoms with Crippen molar-refractivity contribution in [1.29, 1.82) is 0 Å². The molecule has 0 saturated carbocycles. The second kappa shape index (κ2) is 10.4. The van der Waals surface area contributed by atoms with Gasteiger partial charge in [-0.05, 0) is 79.9 Å². The molecule has 0 saturated heterocycles. The van der Waals surface area contributed by atoms with Crippen LogP contribution in [0.1, 0.15) is 23.2 Å². The van der Waals surface area contributed by atoms with Crippen LogP contribution in [0, 0.1) is 34.0 Å². The van der Waals surface area contributed by atoms with Gasteiger partial charge in [0.05, 0.1) is 20.0 Å². The molecule has 0 radical (unpaired) electrons. The SMILES string of the molecule is O=C(CCC(=O)Oc1c(F)c(F)c(C(=O)O)c(F)c1F)Oc1c(I)cc(I)cc1I. The Balaban J connectivity index is 2.09. The van der Waals surface area contributed by atoms with Crippen molar-refractivity contribution in [2.75, 3.05) is 0 Å². The molecule has 30 heavy (non-hydrogen) atoms. The molecule has 0 aromatic heterocycles. The Hall–Kier alpha value is -1.24. The molecule has 0 aliphatic carbocycles. The second-order valence-electron chi connectivity index (χ2n) is 5.41. The first-order chi connectivity index (χ1) is 13.9. The fourth-order valence-electron chi connectivity index (χ4n) is 2.05. The van der Waals surface area contributed by atoms with Crippen molar-refractivity contribution in [2.45, 2.75) is 12.8 Å². The number of carboxylic acids is 1. The molecule has 0 bridgehead atoms. The van der Waals surface area contributed by atoms with Gasteiger partial charge in [-0.2, -0.15) is 8.78 Å². The number of carboxylic acid groups (broad SMARTS) is 1. The van der Waals surface area contributed by atoms with E-state index in [9.17, 15) is 31.9 Å². The summed E-state index contributed by atoms with van der Waals surface area (Å²) in [6.07, 6.45) is -1.28. The van der Waals surface area contributed by atoms with Gasteiger partial charge in [0.2, 0.25) is 17.4 Å². The highest BCUT2D eigenvalue weighted by molar-refractivity contribution is 14.1. The summed E-state index contributed by atoms with van der Waals surface area (Å²) in [6.45, 7) is 0. The Morgan fingerprint density at radius 1 is 0.767 bits per heavy atom. The second-order valence-corrected chi connectivity index (χ2v) is 8.98. The Bertz CT molecular complexity index is 1010. The van der Waals surface area contributed by atoms with Crippen LogP contribution in [0.3, 0.4) is 0 Å². The molecule has 0 amide bonds. The normalized spacial score (nSPS) is 10.6. The van der Waals surface area contributed by atoms with Crippen molar-refractivity contribution in [3.05, 3.63) is 51.7 Å². The number of ether oxygens (including phenoxy) is 2. The average Bonchev–Trinajstić information content (AvgIpc) is 2.64. The molecule has 6 nitrogen and oxygen atoms in total. The van der Waals surface area contributed by atoms with Crippen LogP contribution in [-0.2, 0) is 9.59 Å². The molecule has 160 valence electrons. The Labute approximate surface area is 206 Å². The molecule has 0 heterocycles. The third kappa shape index (κ3) is 5.71. The van der Waals surface area contributed by atoms with E-state index in [1.54, 1.807) is 12.1 Å². The van der Waals surface area contributed by atoms with E-state index < -0.39 is 65.3 Å². The molecule has 2 aromatic rings. The molecule has 13 heteroatoms. The minimum Gasteiger partial charge on any atom is -0.477 e. The monoisotopic (exact) mass is 764 g/mol. The first-order valence-electron chi connectivity index (χ1n) is 7.59. The van der Waals surface area contributed by atoms with Gasteiger partial charge in [0, 0.05) is 3.57 Å². The van der Waals surface area contributed by atoms with Gasteiger partial charge in [0.15, 0.2) is 17.4 Å². The number of esters is 2. The molecular formula is C17H7F4I3O6. The van der Waals surface area contributed by atoms with Gasteiger partial charge < -0.3 is 14.6 Å². The summed E-state index contributed by atoms with van der Waals surface area (Å²) in [4.78, 5) is 34.4. The van der Waals surface area contributed by atoms with Crippen LogP contribution in [0.4, 0.5) is 17.6 Å². The number of benzene rings is 2. The third-order valence-electron chi connectivity index (χ3n) is 3.37. The molecule has 0 aliphatic rings. The zero-order valence-electron chi connectivity index (χ0n) is 14.2. The van der Waals surface area contributed by atoms with Crippen molar-refractivity contribution in [3.63, 3.8) is 0 Å². The highest BCUT2D eigenvalue weighted by Gasteiger charge is 2.31. The predicted molar refractivity (Wildman–Crippen MR) is 118 cm³/mol. The zero-order chi connectivity index (χ0) is 22.7. The Morgan fingerprint density at radius 3 is 1.57 bits per heavy atom. The van der Waals surface area contributed by atoms with E-state index in [0.717, 1.165) is 3.57 Å². The summed E-state index contributed by atoms with van der Waals surface area (Å²) >= 11 is 5.97. The van der Waals surface area contributed by atoms with Crippen molar-refractivity contribution in [1.82, 2.24) is 0 Å². The molecule has 2 aromatic carbocycles. The highest BCUT2D eigenvalue weighted by atomic mass is 127. The maximum absolute atomic E-state index is 13.8. The lowest BCUT2D eigenvalue weighted by atomic mass is 10.1. The first kappa shape index (κ1) is 25.0. The number of aromatic carboxylic acids is 1. The van der Waals surface area contributed by atoms with Crippen LogP contribution < -0.4 is 9.47 Å². The van der Waals surface area contributed by atoms with E-state index in [2.05, 4.69) is 27.3 Å². The smallest absolute Gasteiger partial charge is 0.341 e. The quantitative estimate of drug-likeness (QED) is 0.146. The van der Waals surface area contributed by atoms with Gasteiger partial charge in [-0.1, -0.05) is 0 Å². The molecule has 0 atom stereocenters. The van der Waals surface area contributed by atoms with Crippen LogP contribution >= 0.6 is 67.8 Å². The third-order valence-corrected chi connectivity index (χ3v) is 5.59. The molecule has 0 unspecified atom stereocenters. The van der Waals surface area contributed by atoms with Crippen molar-refractivity contribution in [3.8, 4) is 11.5 Å². The van der Waals surface area contributed by atoms with Gasteiger partial charge in [-0.25, -0.2) is 13.6 Å². The predicted octanol–water partition coefficient (Wildman–Crippen LogP) is 5.05. The summed E-state index contributed by atoms with van der Waals surface area (Å²) in [6, 6.07) is 3.49. The number of carbonyl (C=O) groups is 3. The molecule has 0 fully saturated rings. The number of halogens is 7. The van der Waals surface area contributed by atoms with Crippen molar-refractivity contribution < 1.29 is 46.5 Å². The van der Waals surface area contributed by atoms with Crippen LogP contribution in [0.2, 0.25) is 0 Å². The molecule has 1 N–H and O–H groups in total. The molecule has 2 rings (SSSR count). The topological polar surface area (TPSA) is 89.9 Å². The van der Waals surface area contributed by atoms with Gasteiger partial charge in [-0.15, -0.1) is 0 Å². The zero-order valence-corrected chi connectivity index (χ0v) is 20.7. The highest BCUT2D eigenvalue weighted by Crippen LogP contribution is 2.31. The standard InChI is InChI=1S/C17H7F4I3O6/c18-11-10(17(27)28)12(19)14(21)16(13(11)20)30-9(26)2-1-8(25)29-15-6(23)3-5(22)4-7(15)24/h3-4H,1-2H2,(H,27,28). The van der Waals surface area contributed by atoms with Crippen molar-refractivity contribution in [2.24, 2.45) is 0 Å². The summed E-state index contributed by atoms with van der Waals surface area (Å²) in [5, 5.41) is 8.61. The van der Waals surface area contributed by atoms with Crippen molar-refractivity contribution >= 4 is 85.7 Å². The summed E-state index contributed by atoms with van der Waals surface area (Å²) in [7, 11) is 0. The first-order valence-corrected chi connectivity index (χ1v) is 10.8. The Morgan fingerprint density at radius 2 is 1.17 bits per heavy atom. The van der Waals surface area contributed by atoms with E-state index in [-0.39, 0.29) is 5.75 Å². The van der Waals surface area contributed by atoms with Crippen LogP contribution in [-0.4, -0.2) is 23.0 Å². The van der Waals surface area contributed by atoms with E-state index in [4.69, 9.17) is 9.84 Å². The van der Waals surface area contributed by atoms with Crippen LogP contribution in [0.25, 0.3) is 0 Å². The lowest BCUT2D eigenvalue weighted by Crippen LogP contribution is -2.18. The molecular weight excluding hydrogens is 757 g/mol. The van der Waals surface area contributed by atoms with E-state index in [1.165, 1.54) is 0 Å². The molecule has 0 aliphatic heterocycles. The largest absolute Gasteiger partial charge is 0.477 e. The maximum Gasteiger partial charge on any atom is 0.341 e. The van der Waals surface area contributed by atoms with Gasteiger partial charge in [0.25, 0.3) is 0 Å². The Kier molecular flexibility index (Phi) is 8.66. The lowest BCUT2D eigenvalue weighted by molar-refractivity contribution is -0.140. The number of carbonyl (C=O) groups excluding carboxylic acids is 2. The number of rotatable bonds is 6. The fourth-order valence-corrected chi connectivity index (χ4v) is 5.85. The number of hydrogen-bond donors (Lipinski definition) is 1. The van der Waals surface area contributed by atoms with Gasteiger partial charge in [-0.3, -0.25) is 9.59 Å². The number of hydrogen-bond acceptors (Lipinski definition) is 5. The van der Waals surface area contributed by atoms with Gasteiger partial charge >= 0.3 is 17.9 Å². The average molecular weight is 764 g/mol. The van der Waals surface area contributed by atoms with Gasteiger partial charge in [0.1, 0.15) is 5.56 Å². The summed E-state index contributed by atoms with van der Waals surface area (Å²) < 4.78 is 66.5. The van der Waals surface area contributed by atoms with E-state index in [1.807, 2.05) is 45.2 Å². The minimum absolute atomic E-state index is 0.264. The van der Waals surface area contributed by atoms with Crippen LogP contribution in [0.5, 0.6) is 11.5 Å². The summed E-state index contributed by atoms with van der Waals surface area (Å²) in [5.74, 6) is -14.8. The molecule has 0 spiro atoms. The maximum atomic E-state index is 13.8. The lowest BCUT2D eigenvalue weighted by Gasteiger charge is -2.11. The minimum atomic E-state index is -2.25. The fraction of sp³-hybridized carbons (Fsp3) is 0.118. The van der Waals surface area contributed by atoms with E-state index >= 15 is 0 Å². The van der Waals surface area contributed by atoms with E-state index in [0.29, 0.717) is 7.14 Å². The van der Waals surface area contributed by atoms with Crippen LogP contribution in [0.15, 0.2) is 12.1 Å².